The minimum absolute atomic E-state index is 0.00762. The smallest absolute Gasteiger partial charge is 0.290 e. The fourth-order valence-corrected chi connectivity index (χ4v) is 3.52. The first-order valence-corrected chi connectivity index (χ1v) is 9.27. The van der Waals surface area contributed by atoms with Crippen LogP contribution in [0.3, 0.4) is 0 Å². The molecule has 1 aromatic carbocycles. The molecule has 0 saturated carbocycles. The van der Waals surface area contributed by atoms with Crippen LogP contribution in [0.4, 0.5) is 0 Å². The number of aromatic nitrogens is 2. The van der Waals surface area contributed by atoms with Gasteiger partial charge in [-0.05, 0) is 25.8 Å². The van der Waals surface area contributed by atoms with Crippen molar-refractivity contribution in [1.82, 2.24) is 20.0 Å². The Hall–Kier alpha value is -2.81. The lowest BCUT2D eigenvalue weighted by Crippen LogP contribution is -2.58. The molecule has 0 aliphatic carbocycles. The summed E-state index contributed by atoms with van der Waals surface area (Å²) in [6, 6.07) is 9.52. The molecule has 3 rings (SSSR count). The van der Waals surface area contributed by atoms with Gasteiger partial charge in [-0.3, -0.25) is 14.4 Å². The Balaban J connectivity index is 0.000000817. The van der Waals surface area contributed by atoms with Crippen molar-refractivity contribution in [3.8, 4) is 0 Å². The predicted molar refractivity (Wildman–Crippen MR) is 100 cm³/mol. The molecule has 1 fully saturated rings. The highest BCUT2D eigenvalue weighted by atomic mass is 32.1. The molecule has 0 spiro atoms. The van der Waals surface area contributed by atoms with Crippen LogP contribution in [-0.4, -0.2) is 62.5 Å². The average molecular weight is 390 g/mol. The maximum atomic E-state index is 12.6. The molecule has 1 saturated heterocycles. The molecule has 144 valence electrons. The number of carbonyl (C=O) groups is 3. The van der Waals surface area contributed by atoms with E-state index >= 15 is 0 Å². The van der Waals surface area contributed by atoms with Crippen LogP contribution in [0.1, 0.15) is 22.5 Å². The molecule has 1 aliphatic rings. The van der Waals surface area contributed by atoms with Crippen LogP contribution in [0, 0.1) is 6.92 Å². The molecule has 0 bridgehead atoms. The van der Waals surface area contributed by atoms with Gasteiger partial charge in [0.25, 0.3) is 6.47 Å². The molecule has 27 heavy (non-hydrogen) atoms. The molecule has 2 heterocycles. The number of nitrogens with zero attached hydrogens (tertiary/aromatic N) is 4. The number of carbonyl (C=O) groups excluding carboxylic acids is 2. The molecular formula is C18H22N4O4S. The first-order chi connectivity index (χ1) is 13.0. The van der Waals surface area contributed by atoms with Crippen LogP contribution in [0.25, 0.3) is 0 Å². The van der Waals surface area contributed by atoms with E-state index in [1.54, 1.807) is 16.7 Å². The number of piperazine rings is 1. The maximum Gasteiger partial charge on any atom is 0.290 e. The SMILES string of the molecule is Cc1nnc(CN2C(=O)CN(CCc3ccccc3)C(=O)[C@H]2C)s1.O=CO. The summed E-state index contributed by atoms with van der Waals surface area (Å²) < 4.78 is 0. The van der Waals surface area contributed by atoms with Gasteiger partial charge in [0.2, 0.25) is 11.8 Å². The Morgan fingerprint density at radius 3 is 2.52 bits per heavy atom. The molecule has 1 aliphatic heterocycles. The van der Waals surface area contributed by atoms with Gasteiger partial charge >= 0.3 is 0 Å². The van der Waals surface area contributed by atoms with Crippen LogP contribution in [0.15, 0.2) is 30.3 Å². The summed E-state index contributed by atoms with van der Waals surface area (Å²) >= 11 is 1.45. The highest BCUT2D eigenvalue weighted by molar-refractivity contribution is 7.11. The third kappa shape index (κ3) is 5.58. The van der Waals surface area contributed by atoms with Gasteiger partial charge in [-0.15, -0.1) is 10.2 Å². The zero-order valence-corrected chi connectivity index (χ0v) is 16.1. The van der Waals surface area contributed by atoms with E-state index < -0.39 is 6.04 Å². The number of rotatable bonds is 5. The molecular weight excluding hydrogens is 368 g/mol. The van der Waals surface area contributed by atoms with E-state index in [1.165, 1.54) is 11.3 Å². The Morgan fingerprint density at radius 1 is 1.26 bits per heavy atom. The summed E-state index contributed by atoms with van der Waals surface area (Å²) in [4.78, 5) is 36.7. The quantitative estimate of drug-likeness (QED) is 0.773. The van der Waals surface area contributed by atoms with Gasteiger partial charge in [-0.1, -0.05) is 41.7 Å². The second-order valence-corrected chi connectivity index (χ2v) is 7.28. The Morgan fingerprint density at radius 2 is 1.93 bits per heavy atom. The van der Waals surface area contributed by atoms with Crippen molar-refractivity contribution in [2.75, 3.05) is 13.1 Å². The van der Waals surface area contributed by atoms with Gasteiger partial charge in [-0.25, -0.2) is 0 Å². The fourth-order valence-electron chi connectivity index (χ4n) is 2.82. The van der Waals surface area contributed by atoms with Crippen molar-refractivity contribution in [2.45, 2.75) is 32.9 Å². The number of amides is 2. The average Bonchev–Trinajstić information content (AvgIpc) is 3.07. The number of aryl methyl sites for hydroxylation is 1. The van der Waals surface area contributed by atoms with E-state index in [1.807, 2.05) is 37.3 Å². The topological polar surface area (TPSA) is 104 Å². The van der Waals surface area contributed by atoms with Crippen LogP contribution in [0.2, 0.25) is 0 Å². The van der Waals surface area contributed by atoms with Crippen molar-refractivity contribution < 1.29 is 19.5 Å². The number of hydrogen-bond donors (Lipinski definition) is 1. The lowest BCUT2D eigenvalue weighted by atomic mass is 10.1. The van der Waals surface area contributed by atoms with Crippen molar-refractivity contribution in [1.29, 1.82) is 0 Å². The third-order valence-electron chi connectivity index (χ3n) is 4.17. The summed E-state index contributed by atoms with van der Waals surface area (Å²) in [5, 5.41) is 16.5. The van der Waals surface area contributed by atoms with E-state index in [-0.39, 0.29) is 24.8 Å². The third-order valence-corrected chi connectivity index (χ3v) is 4.99. The van der Waals surface area contributed by atoms with E-state index in [0.29, 0.717) is 13.1 Å². The second-order valence-electron chi connectivity index (χ2n) is 6.01. The van der Waals surface area contributed by atoms with Crippen molar-refractivity contribution in [3.63, 3.8) is 0 Å². The molecule has 1 aromatic heterocycles. The van der Waals surface area contributed by atoms with E-state index in [9.17, 15) is 9.59 Å². The second kappa shape index (κ2) is 9.77. The molecule has 1 N–H and O–H groups in total. The van der Waals surface area contributed by atoms with Crippen molar-refractivity contribution in [3.05, 3.63) is 45.9 Å². The summed E-state index contributed by atoms with van der Waals surface area (Å²) in [5.74, 6) is -0.0465. The van der Waals surface area contributed by atoms with Gasteiger partial charge in [0.05, 0.1) is 13.1 Å². The van der Waals surface area contributed by atoms with Crippen molar-refractivity contribution >= 4 is 29.6 Å². The molecule has 2 aromatic rings. The van der Waals surface area contributed by atoms with Crippen LogP contribution < -0.4 is 0 Å². The van der Waals surface area contributed by atoms with Gasteiger partial charge in [-0.2, -0.15) is 0 Å². The molecule has 9 heteroatoms. The van der Waals surface area contributed by atoms with Crippen molar-refractivity contribution in [2.24, 2.45) is 0 Å². The van der Waals surface area contributed by atoms with Crippen LogP contribution >= 0.6 is 11.3 Å². The van der Waals surface area contributed by atoms with E-state index in [4.69, 9.17) is 9.90 Å². The monoisotopic (exact) mass is 390 g/mol. The summed E-state index contributed by atoms with van der Waals surface area (Å²) in [7, 11) is 0. The first kappa shape index (κ1) is 20.5. The fraction of sp³-hybridized carbons (Fsp3) is 0.389. The lowest BCUT2D eigenvalue weighted by Gasteiger charge is -2.38. The zero-order valence-electron chi connectivity index (χ0n) is 15.2. The van der Waals surface area contributed by atoms with E-state index in [2.05, 4.69) is 10.2 Å². The largest absolute Gasteiger partial charge is 0.483 e. The van der Waals surface area contributed by atoms with Gasteiger partial charge < -0.3 is 14.9 Å². The van der Waals surface area contributed by atoms with Gasteiger partial charge in [0.15, 0.2) is 0 Å². The summed E-state index contributed by atoms with van der Waals surface area (Å²) in [6.45, 7) is 4.45. The lowest BCUT2D eigenvalue weighted by molar-refractivity contribution is -0.155. The highest BCUT2D eigenvalue weighted by Crippen LogP contribution is 2.18. The summed E-state index contributed by atoms with van der Waals surface area (Å²) in [6.07, 6.45) is 0.752. The molecule has 8 nitrogen and oxygen atoms in total. The standard InChI is InChI=1S/C17H20N4O2S.CH2O2/c1-12-17(23)20(9-8-14-6-4-3-5-7-14)11-16(22)21(12)10-15-19-18-13(2)24-15;2-1-3/h3-7,12H,8-11H2,1-2H3;1H,(H,2,3)/t12-;/m1./s1. The Bertz CT molecular complexity index is 781. The molecule has 1 atom stereocenters. The minimum Gasteiger partial charge on any atom is -0.483 e. The minimum atomic E-state index is -0.466. The molecule has 0 radical (unpaired) electrons. The first-order valence-electron chi connectivity index (χ1n) is 8.45. The zero-order chi connectivity index (χ0) is 19.8. The molecule has 2 amide bonds. The Kier molecular flexibility index (Phi) is 7.42. The maximum absolute atomic E-state index is 12.6. The van der Waals surface area contributed by atoms with Gasteiger partial charge in [0.1, 0.15) is 16.1 Å². The Labute approximate surface area is 161 Å². The van der Waals surface area contributed by atoms with Crippen LogP contribution in [0.5, 0.6) is 0 Å². The molecule has 0 unspecified atom stereocenters. The number of benzene rings is 1. The van der Waals surface area contributed by atoms with Gasteiger partial charge in [0, 0.05) is 6.54 Å². The number of carboxylic acid groups (broad SMARTS) is 1. The number of hydrogen-bond acceptors (Lipinski definition) is 6. The van der Waals surface area contributed by atoms with E-state index in [0.717, 1.165) is 22.0 Å². The predicted octanol–water partition coefficient (Wildman–Crippen LogP) is 1.35. The normalized spacial score (nSPS) is 16.7. The summed E-state index contributed by atoms with van der Waals surface area (Å²) in [5.41, 5.74) is 1.16. The highest BCUT2D eigenvalue weighted by Gasteiger charge is 2.36. The van der Waals surface area contributed by atoms with Crippen LogP contribution in [-0.2, 0) is 27.3 Å².